The highest BCUT2D eigenvalue weighted by Gasteiger charge is 2.47. The molecule has 3 aliphatic rings. The highest BCUT2D eigenvalue weighted by atomic mass is 32.2. The molecule has 2 aliphatic heterocycles. The van der Waals surface area contributed by atoms with Crippen molar-refractivity contribution in [2.75, 3.05) is 33.2 Å². The van der Waals surface area contributed by atoms with E-state index < -0.39 is 72.1 Å². The van der Waals surface area contributed by atoms with E-state index in [9.17, 15) is 32.5 Å². The number of hydrogen-bond donors (Lipinski definition) is 4. The smallest absolute Gasteiger partial charge is 0.304 e. The number of β-amino-alcohol motifs (C(OH)–C–C–N with tert-alkyl or cyclic N) is 2. The van der Waals surface area contributed by atoms with Crippen LogP contribution in [0.15, 0.2) is 0 Å². The third-order valence-corrected chi connectivity index (χ3v) is 8.85. The third kappa shape index (κ3) is 6.37. The maximum atomic E-state index is 15.3. The Balaban J connectivity index is 1.69. The normalized spacial score (nSPS) is 36.4. The van der Waals surface area contributed by atoms with Gasteiger partial charge in [0.25, 0.3) is 0 Å². The Morgan fingerprint density at radius 3 is 2.33 bits per heavy atom. The fraction of sp³-hybridized carbons (Fsp3) is 1.00. The number of rotatable bonds is 8. The Kier molecular flexibility index (Phi) is 9.40. The van der Waals surface area contributed by atoms with Crippen molar-refractivity contribution in [1.82, 2.24) is 14.1 Å². The topological polar surface area (TPSA) is 123 Å². The van der Waals surface area contributed by atoms with E-state index in [1.807, 2.05) is 0 Å². The lowest BCUT2D eigenvalue weighted by atomic mass is 9.80. The molecule has 0 aromatic heterocycles. The zero-order chi connectivity index (χ0) is 24.3. The number of alkyl halides is 3. The standard InChI is InChI=1S/C20H36F3N3O6S/c1-25(33(30,31)26-10-14(20(22)23)18(29)17(28)11-26)32-19-13(8-24-9-16(19)27)15(21)7-12-5-3-2-4-6-12/h12-20,24,27-29H,2-11H2,1H3/t13-,14+,15?,16-,17-,18-,19-/m1/s1. The predicted molar refractivity (Wildman–Crippen MR) is 113 cm³/mol. The van der Waals surface area contributed by atoms with Crippen LogP contribution < -0.4 is 5.32 Å². The first-order valence-corrected chi connectivity index (χ1v) is 13.0. The summed E-state index contributed by atoms with van der Waals surface area (Å²) in [5.74, 6) is -2.32. The minimum atomic E-state index is -4.50. The van der Waals surface area contributed by atoms with E-state index in [0.717, 1.165) is 39.2 Å². The lowest BCUT2D eigenvalue weighted by molar-refractivity contribution is -0.196. The molecule has 13 heteroatoms. The van der Waals surface area contributed by atoms with Crippen LogP contribution in [0.2, 0.25) is 0 Å². The summed E-state index contributed by atoms with van der Waals surface area (Å²) in [4.78, 5) is 5.54. The van der Waals surface area contributed by atoms with E-state index in [0.29, 0.717) is 15.2 Å². The molecule has 0 amide bonds. The molecule has 0 bridgehead atoms. The number of piperidine rings is 2. The Hall–Kier alpha value is -0.540. The molecule has 0 aromatic carbocycles. The van der Waals surface area contributed by atoms with Crippen LogP contribution in [0.4, 0.5) is 13.2 Å². The third-order valence-electron chi connectivity index (χ3n) is 7.17. The van der Waals surface area contributed by atoms with Crippen molar-refractivity contribution in [2.24, 2.45) is 17.8 Å². The van der Waals surface area contributed by atoms with Gasteiger partial charge in [0.15, 0.2) is 0 Å². The summed E-state index contributed by atoms with van der Waals surface area (Å²) in [6.07, 6.45) is -4.69. The zero-order valence-electron chi connectivity index (χ0n) is 18.8. The summed E-state index contributed by atoms with van der Waals surface area (Å²) in [5.41, 5.74) is 0. The quantitative estimate of drug-likeness (QED) is 0.351. The van der Waals surface area contributed by atoms with E-state index in [2.05, 4.69) is 5.32 Å². The van der Waals surface area contributed by atoms with Crippen LogP contribution in [0.1, 0.15) is 38.5 Å². The Bertz CT molecular complexity index is 730. The number of halogens is 3. The van der Waals surface area contributed by atoms with Crippen molar-refractivity contribution in [3.8, 4) is 0 Å². The van der Waals surface area contributed by atoms with E-state index in [1.165, 1.54) is 0 Å². The maximum absolute atomic E-state index is 15.3. The molecule has 2 saturated heterocycles. The summed E-state index contributed by atoms with van der Waals surface area (Å²) in [6, 6.07) is 0. The van der Waals surface area contributed by atoms with Crippen LogP contribution >= 0.6 is 0 Å². The van der Waals surface area contributed by atoms with E-state index in [4.69, 9.17) is 4.84 Å². The van der Waals surface area contributed by atoms with E-state index in [-0.39, 0.29) is 19.0 Å². The summed E-state index contributed by atoms with van der Waals surface area (Å²) >= 11 is 0. The number of nitrogens with zero attached hydrogens (tertiary/aromatic N) is 2. The number of aliphatic hydroxyl groups is 3. The van der Waals surface area contributed by atoms with Crippen LogP contribution in [-0.4, -0.2) is 103 Å². The number of hydroxylamine groups is 1. The summed E-state index contributed by atoms with van der Waals surface area (Å²) in [7, 11) is -3.45. The van der Waals surface area contributed by atoms with Crippen LogP contribution in [0.25, 0.3) is 0 Å². The molecule has 0 radical (unpaired) electrons. The van der Waals surface area contributed by atoms with Crippen molar-refractivity contribution < 1.29 is 41.7 Å². The van der Waals surface area contributed by atoms with Gasteiger partial charge in [-0.25, -0.2) is 13.2 Å². The molecule has 2 heterocycles. The molecular formula is C20H36F3N3O6S. The lowest BCUT2D eigenvalue weighted by Gasteiger charge is -2.42. The average molecular weight is 504 g/mol. The van der Waals surface area contributed by atoms with Gasteiger partial charge in [0.2, 0.25) is 6.43 Å². The van der Waals surface area contributed by atoms with Gasteiger partial charge in [-0.1, -0.05) is 36.6 Å². The Labute approximate surface area is 193 Å². The minimum Gasteiger partial charge on any atom is -0.390 e. The van der Waals surface area contributed by atoms with Crippen molar-refractivity contribution in [1.29, 1.82) is 0 Å². The van der Waals surface area contributed by atoms with Gasteiger partial charge in [-0.2, -0.15) is 12.7 Å². The number of hydrogen-bond acceptors (Lipinski definition) is 7. The zero-order valence-corrected chi connectivity index (χ0v) is 19.6. The van der Waals surface area contributed by atoms with Crippen molar-refractivity contribution >= 4 is 10.2 Å². The van der Waals surface area contributed by atoms with E-state index in [1.54, 1.807) is 0 Å². The van der Waals surface area contributed by atoms with Gasteiger partial charge in [0.1, 0.15) is 12.3 Å². The summed E-state index contributed by atoms with van der Waals surface area (Å²) in [6.45, 7) is -1.01. The highest BCUT2D eigenvalue weighted by Crippen LogP contribution is 2.33. The van der Waals surface area contributed by atoms with Gasteiger partial charge in [0, 0.05) is 39.1 Å². The second-order valence-corrected chi connectivity index (χ2v) is 11.4. The van der Waals surface area contributed by atoms with Gasteiger partial charge in [-0.15, -0.1) is 0 Å². The average Bonchev–Trinajstić information content (AvgIpc) is 2.77. The molecule has 1 unspecified atom stereocenters. The molecule has 3 rings (SSSR count). The lowest BCUT2D eigenvalue weighted by Crippen LogP contribution is -2.60. The molecule has 9 nitrogen and oxygen atoms in total. The van der Waals surface area contributed by atoms with Crippen molar-refractivity contribution in [2.45, 2.75) is 75.5 Å². The Morgan fingerprint density at radius 2 is 1.70 bits per heavy atom. The molecule has 194 valence electrons. The minimum absolute atomic E-state index is 0.0906. The molecule has 33 heavy (non-hydrogen) atoms. The fourth-order valence-corrected chi connectivity index (χ4v) is 6.37. The van der Waals surface area contributed by atoms with Gasteiger partial charge in [0.05, 0.1) is 24.2 Å². The highest BCUT2D eigenvalue weighted by molar-refractivity contribution is 7.86. The SMILES string of the molecule is CN(O[C@H]1[C@H](O)CNC[C@@H]1C(F)CC1CCCCC1)S(=O)(=O)N1C[C@@H](O)[C@H](O)[C@@H](C(F)F)C1. The molecular weight excluding hydrogens is 467 g/mol. The van der Waals surface area contributed by atoms with Gasteiger partial charge >= 0.3 is 10.2 Å². The van der Waals surface area contributed by atoms with E-state index >= 15 is 4.39 Å². The van der Waals surface area contributed by atoms with Crippen molar-refractivity contribution in [3.05, 3.63) is 0 Å². The summed E-state index contributed by atoms with van der Waals surface area (Å²) < 4.78 is 68.8. The molecule has 4 N–H and O–H groups in total. The molecule has 7 atom stereocenters. The molecule has 1 saturated carbocycles. The molecule has 0 aromatic rings. The first-order valence-electron chi connectivity index (χ1n) is 11.6. The van der Waals surface area contributed by atoms with Gasteiger partial charge < -0.3 is 20.6 Å². The Morgan fingerprint density at radius 1 is 1.03 bits per heavy atom. The molecule has 1 aliphatic carbocycles. The number of aliphatic hydroxyl groups excluding tert-OH is 3. The van der Waals surface area contributed by atoms with Crippen LogP contribution in [-0.2, 0) is 15.0 Å². The first kappa shape index (κ1) is 27.1. The van der Waals surface area contributed by atoms with Crippen molar-refractivity contribution in [3.63, 3.8) is 0 Å². The first-order chi connectivity index (χ1) is 15.5. The maximum Gasteiger partial charge on any atom is 0.304 e. The second-order valence-electron chi connectivity index (χ2n) is 9.51. The second kappa shape index (κ2) is 11.5. The molecule has 0 spiro atoms. The number of nitrogens with one attached hydrogen (secondary N) is 1. The van der Waals surface area contributed by atoms with Crippen LogP contribution in [0.3, 0.4) is 0 Å². The monoisotopic (exact) mass is 503 g/mol. The van der Waals surface area contributed by atoms with Crippen LogP contribution in [0.5, 0.6) is 0 Å². The predicted octanol–water partition coefficient (Wildman–Crippen LogP) is 0.271. The van der Waals surface area contributed by atoms with Crippen LogP contribution in [0, 0.1) is 17.8 Å². The fourth-order valence-electron chi connectivity index (χ4n) is 5.14. The molecule has 3 fully saturated rings. The summed E-state index contributed by atoms with van der Waals surface area (Å²) in [5, 5.41) is 33.1. The van der Waals surface area contributed by atoms with Gasteiger partial charge in [-0.3, -0.25) is 4.84 Å². The van der Waals surface area contributed by atoms with Gasteiger partial charge in [-0.05, 0) is 12.3 Å². The largest absolute Gasteiger partial charge is 0.390 e.